The maximum atomic E-state index is 12.9. The van der Waals surface area contributed by atoms with Crippen LogP contribution in [0, 0.1) is 11.2 Å². The van der Waals surface area contributed by atoms with E-state index in [1.165, 1.54) is 0 Å². The van der Waals surface area contributed by atoms with Crippen molar-refractivity contribution in [2.24, 2.45) is 10.2 Å². The van der Waals surface area contributed by atoms with Gasteiger partial charge in [-0.2, -0.15) is 10.2 Å². The van der Waals surface area contributed by atoms with Crippen molar-refractivity contribution in [1.29, 1.82) is 5.26 Å². The van der Waals surface area contributed by atoms with Gasteiger partial charge < -0.3 is 9.21 Å². The molecule has 0 saturated carbocycles. The Hall–Kier alpha value is -2.41. The molecule has 5 rings (SSSR count). The van der Waals surface area contributed by atoms with Gasteiger partial charge in [0, 0.05) is 28.3 Å². The van der Waals surface area contributed by atoms with Crippen molar-refractivity contribution < 1.29 is 8.78 Å². The van der Waals surface area contributed by atoms with E-state index in [1.807, 2.05) is 68.3 Å². The van der Waals surface area contributed by atoms with Gasteiger partial charge in [-0.25, -0.2) is 14.0 Å². The first-order valence-corrected chi connectivity index (χ1v) is 14.5. The van der Waals surface area contributed by atoms with Gasteiger partial charge in [0.2, 0.25) is 0 Å². The van der Waals surface area contributed by atoms with Gasteiger partial charge in [-0.15, -0.1) is 0 Å². The normalized spacial score (nSPS) is 18.3. The van der Waals surface area contributed by atoms with Crippen molar-refractivity contribution in [3.8, 4) is 5.97 Å². The average molecular weight is 556 g/mol. The van der Waals surface area contributed by atoms with Gasteiger partial charge >= 0.3 is 0 Å². The maximum absolute atomic E-state index is 12.9. The highest BCUT2D eigenvalue weighted by molar-refractivity contribution is 8.01. The van der Waals surface area contributed by atoms with Crippen LogP contribution in [0.3, 0.4) is 0 Å². The predicted octanol–water partition coefficient (Wildman–Crippen LogP) is 7.24. The number of likely N-dealkylation sites (tertiary alicyclic amines) is 1. The minimum absolute atomic E-state index is 0.0955. The SMILES string of the molecule is CC.N#CB1CC(N2CCC(SN(Cc3ccc(C4=NN=C(C(F)F)C4)cc3)c3cccc(Cl)c3)CC2)C1. The first-order chi connectivity index (χ1) is 18.5. The third-order valence-electron chi connectivity index (χ3n) is 7.17. The highest BCUT2D eigenvalue weighted by Crippen LogP contribution is 2.36. The molecule has 0 aliphatic carbocycles. The fourth-order valence-electron chi connectivity index (χ4n) is 4.95. The van der Waals surface area contributed by atoms with Gasteiger partial charge in [0.25, 0.3) is 13.1 Å². The molecule has 2 fully saturated rings. The zero-order valence-corrected chi connectivity index (χ0v) is 23.4. The van der Waals surface area contributed by atoms with Crippen LogP contribution in [0.25, 0.3) is 0 Å². The number of nitriles is 1. The zero-order valence-electron chi connectivity index (χ0n) is 21.9. The minimum Gasteiger partial charge on any atom is -0.312 e. The Balaban J connectivity index is 0.00000164. The summed E-state index contributed by atoms with van der Waals surface area (Å²) < 4.78 is 28.1. The Bertz CT molecular complexity index is 1170. The van der Waals surface area contributed by atoms with E-state index in [4.69, 9.17) is 16.9 Å². The molecule has 38 heavy (non-hydrogen) atoms. The molecule has 2 aromatic carbocycles. The van der Waals surface area contributed by atoms with Crippen molar-refractivity contribution in [3.05, 3.63) is 64.7 Å². The van der Waals surface area contributed by atoms with Crippen LogP contribution in [0.5, 0.6) is 0 Å². The van der Waals surface area contributed by atoms with Crippen molar-refractivity contribution in [2.75, 3.05) is 17.4 Å². The van der Waals surface area contributed by atoms with E-state index >= 15 is 0 Å². The molecule has 200 valence electrons. The van der Waals surface area contributed by atoms with E-state index in [1.54, 1.807) is 0 Å². The molecule has 2 aromatic rings. The van der Waals surface area contributed by atoms with Crippen molar-refractivity contribution in [1.82, 2.24) is 4.90 Å². The molecule has 2 saturated heterocycles. The fourth-order valence-corrected chi connectivity index (χ4v) is 6.38. The summed E-state index contributed by atoms with van der Waals surface area (Å²) in [5.41, 5.74) is 3.41. The van der Waals surface area contributed by atoms with Gasteiger partial charge in [-0.05, 0) is 85.9 Å². The van der Waals surface area contributed by atoms with E-state index in [9.17, 15) is 8.78 Å². The van der Waals surface area contributed by atoms with E-state index in [0.717, 1.165) is 55.4 Å². The van der Waals surface area contributed by atoms with Crippen LogP contribution in [0.4, 0.5) is 14.5 Å². The minimum atomic E-state index is -2.57. The van der Waals surface area contributed by atoms with Crippen LogP contribution in [0.2, 0.25) is 17.7 Å². The molecule has 3 aliphatic heterocycles. The van der Waals surface area contributed by atoms with Gasteiger partial charge in [0.15, 0.2) is 0 Å². The standard InChI is InChI=1S/C26H27BClF2N5S.C2H6/c28-20-2-1-3-21(12-20)35(36-23-8-10-34(11-9-23)22-14-27(15-22)17-31)16-18-4-6-19(7-5-18)24-13-25(26(29)30)33-32-24;1-2/h1-7,12,22-23,26H,8-11,13-16H2;1-2H3. The van der Waals surface area contributed by atoms with Crippen LogP contribution >= 0.6 is 23.5 Å². The fraction of sp³-hybridized carbons (Fsp3) is 0.464. The highest BCUT2D eigenvalue weighted by Gasteiger charge is 2.38. The second kappa shape index (κ2) is 13.6. The lowest BCUT2D eigenvalue weighted by molar-refractivity contribution is 0.176. The largest absolute Gasteiger partial charge is 0.312 e. The summed E-state index contributed by atoms with van der Waals surface area (Å²) in [6.45, 7) is 7.09. The molecule has 10 heteroatoms. The maximum Gasteiger partial charge on any atom is 0.278 e. The van der Waals surface area contributed by atoms with Gasteiger partial charge in [-0.3, -0.25) is 0 Å². The Morgan fingerprint density at radius 3 is 2.45 bits per heavy atom. The summed E-state index contributed by atoms with van der Waals surface area (Å²) in [6.07, 6.45) is 1.78. The number of piperidine rings is 1. The lowest BCUT2D eigenvalue weighted by atomic mass is 9.34. The molecule has 0 radical (unpaired) electrons. The molecule has 0 bridgehead atoms. The van der Waals surface area contributed by atoms with Gasteiger partial charge in [-0.1, -0.05) is 55.8 Å². The highest BCUT2D eigenvalue weighted by atomic mass is 35.5. The van der Waals surface area contributed by atoms with Crippen LogP contribution in [-0.2, 0) is 6.54 Å². The quantitative estimate of drug-likeness (QED) is 0.254. The number of hydrogen-bond acceptors (Lipinski definition) is 6. The third kappa shape index (κ3) is 7.16. The molecule has 3 heterocycles. The topological polar surface area (TPSA) is 55.0 Å². The van der Waals surface area contributed by atoms with Crippen LogP contribution in [0.1, 0.15) is 44.2 Å². The summed E-state index contributed by atoms with van der Waals surface area (Å²) in [5, 5.41) is 17.8. The van der Waals surface area contributed by atoms with E-state index in [2.05, 4.69) is 31.4 Å². The van der Waals surface area contributed by atoms with Gasteiger partial charge in [0.1, 0.15) is 5.71 Å². The summed E-state index contributed by atoms with van der Waals surface area (Å²) in [4.78, 5) is 2.56. The smallest absolute Gasteiger partial charge is 0.278 e. The third-order valence-corrected chi connectivity index (χ3v) is 8.77. The molecule has 0 amide bonds. The predicted molar refractivity (Wildman–Crippen MR) is 157 cm³/mol. The van der Waals surface area contributed by atoms with Crippen LogP contribution < -0.4 is 4.31 Å². The molecule has 3 aliphatic rings. The number of anilines is 1. The molecule has 0 N–H and O–H groups in total. The zero-order chi connectivity index (χ0) is 27.1. The Morgan fingerprint density at radius 2 is 1.84 bits per heavy atom. The summed E-state index contributed by atoms with van der Waals surface area (Å²) in [6, 6.07) is 16.4. The second-order valence-corrected chi connectivity index (χ2v) is 11.4. The lowest BCUT2D eigenvalue weighted by Crippen LogP contribution is -2.51. The number of hydrogen-bond donors (Lipinski definition) is 0. The number of rotatable bonds is 8. The summed E-state index contributed by atoms with van der Waals surface area (Å²) in [7, 11) is 0. The van der Waals surface area contributed by atoms with Crippen LogP contribution in [0.15, 0.2) is 58.7 Å². The lowest BCUT2D eigenvalue weighted by Gasteiger charge is -2.43. The Morgan fingerprint density at radius 1 is 1.13 bits per heavy atom. The van der Waals surface area contributed by atoms with Crippen molar-refractivity contribution in [2.45, 2.75) is 70.0 Å². The van der Waals surface area contributed by atoms with E-state index in [-0.39, 0.29) is 18.8 Å². The molecular formula is C28H33BClF2N5S. The average Bonchev–Trinajstić information content (AvgIpc) is 3.41. The van der Waals surface area contributed by atoms with Gasteiger partial charge in [0.05, 0.1) is 12.3 Å². The molecule has 0 spiro atoms. The van der Waals surface area contributed by atoms with Crippen molar-refractivity contribution >= 4 is 47.4 Å². The number of benzene rings is 2. The first-order valence-electron chi connectivity index (χ1n) is 13.3. The molecular weight excluding hydrogens is 523 g/mol. The Kier molecular flexibility index (Phi) is 10.2. The van der Waals surface area contributed by atoms with E-state index in [0.29, 0.717) is 28.6 Å². The summed E-state index contributed by atoms with van der Waals surface area (Å²) in [5.74, 6) is 2.39. The summed E-state index contributed by atoms with van der Waals surface area (Å²) >= 11 is 8.19. The van der Waals surface area contributed by atoms with Crippen LogP contribution in [-0.4, -0.2) is 53.8 Å². The molecule has 0 atom stereocenters. The molecule has 5 nitrogen and oxygen atoms in total. The number of nitrogens with zero attached hydrogens (tertiary/aromatic N) is 5. The van der Waals surface area contributed by atoms with E-state index < -0.39 is 6.43 Å². The van der Waals surface area contributed by atoms with Crippen molar-refractivity contribution in [3.63, 3.8) is 0 Å². The molecule has 0 unspecified atom stereocenters. The Labute approximate surface area is 234 Å². The second-order valence-electron chi connectivity index (χ2n) is 9.62. The first kappa shape index (κ1) is 28.6. The molecule has 0 aromatic heterocycles. The number of alkyl halides is 2. The number of halogens is 3. The monoisotopic (exact) mass is 555 g/mol.